The van der Waals surface area contributed by atoms with Gasteiger partial charge in [-0.15, -0.1) is 0 Å². The number of pyridine rings is 1. The first kappa shape index (κ1) is 22.6. The number of rotatable bonds is 8. The standard InChI is InChI=1S/C25H20N6O5/c1-15-12-27-24(29-17-5-7-21(34-2)19(10-17)16-4-3-9-26-13-16)30-23(15)28-18-6-8-22-20(11-18)31(35-14-32)25(33)36-22/h3-14H,1-2H3,(H2,27,28,29,30). The fourth-order valence-corrected chi connectivity index (χ4v) is 3.64. The highest BCUT2D eigenvalue weighted by atomic mass is 16.7. The van der Waals surface area contributed by atoms with Crippen LogP contribution in [-0.4, -0.2) is 33.3 Å². The van der Waals surface area contributed by atoms with Gasteiger partial charge >= 0.3 is 12.2 Å². The topological polar surface area (TPSA) is 133 Å². The summed E-state index contributed by atoms with van der Waals surface area (Å²) in [6.07, 6.45) is 5.17. The Morgan fingerprint density at radius 1 is 1.06 bits per heavy atom. The van der Waals surface area contributed by atoms with Crippen LogP contribution in [0.2, 0.25) is 0 Å². The molecule has 0 aliphatic heterocycles. The van der Waals surface area contributed by atoms with Crippen LogP contribution in [0.4, 0.5) is 23.1 Å². The number of methoxy groups -OCH3 is 1. The Hall–Kier alpha value is -5.19. The third kappa shape index (κ3) is 4.44. The van der Waals surface area contributed by atoms with Crippen molar-refractivity contribution in [2.75, 3.05) is 17.7 Å². The molecule has 11 nitrogen and oxygen atoms in total. The molecule has 11 heteroatoms. The maximum atomic E-state index is 11.9. The third-order valence-corrected chi connectivity index (χ3v) is 5.35. The summed E-state index contributed by atoms with van der Waals surface area (Å²) in [7, 11) is 1.62. The molecule has 3 heterocycles. The van der Waals surface area contributed by atoms with E-state index in [1.165, 1.54) is 0 Å². The summed E-state index contributed by atoms with van der Waals surface area (Å²) in [4.78, 5) is 40.5. The lowest BCUT2D eigenvalue weighted by molar-refractivity contribution is -0.129. The van der Waals surface area contributed by atoms with Gasteiger partial charge in [0.25, 0.3) is 0 Å². The molecule has 0 spiro atoms. The molecule has 0 bridgehead atoms. The highest BCUT2D eigenvalue weighted by Crippen LogP contribution is 2.33. The van der Waals surface area contributed by atoms with E-state index >= 15 is 0 Å². The summed E-state index contributed by atoms with van der Waals surface area (Å²) in [5, 5.41) is 6.42. The van der Waals surface area contributed by atoms with Crippen molar-refractivity contribution < 1.29 is 18.8 Å². The van der Waals surface area contributed by atoms with Crippen LogP contribution in [0.1, 0.15) is 5.56 Å². The Kier molecular flexibility index (Phi) is 6.02. The van der Waals surface area contributed by atoms with E-state index in [0.29, 0.717) is 28.7 Å². The van der Waals surface area contributed by atoms with Crippen LogP contribution in [0, 0.1) is 6.92 Å². The number of fused-ring (bicyclic) bond motifs is 1. The number of aryl methyl sites for hydroxylation is 1. The van der Waals surface area contributed by atoms with Crippen LogP contribution >= 0.6 is 0 Å². The first-order valence-corrected chi connectivity index (χ1v) is 10.8. The number of aromatic nitrogens is 4. The van der Waals surface area contributed by atoms with Gasteiger partial charge in [0.15, 0.2) is 5.58 Å². The number of benzene rings is 2. The number of nitrogens with zero attached hydrogens (tertiary/aromatic N) is 4. The molecule has 2 aromatic carbocycles. The summed E-state index contributed by atoms with van der Waals surface area (Å²) in [5.74, 6) is 0.828. The third-order valence-electron chi connectivity index (χ3n) is 5.35. The van der Waals surface area contributed by atoms with E-state index < -0.39 is 5.76 Å². The number of nitrogens with one attached hydrogen (secondary N) is 2. The molecule has 0 amide bonds. The quantitative estimate of drug-likeness (QED) is 0.313. The minimum Gasteiger partial charge on any atom is -0.496 e. The Bertz CT molecular complexity index is 1610. The van der Waals surface area contributed by atoms with Gasteiger partial charge < -0.3 is 24.6 Å². The highest BCUT2D eigenvalue weighted by molar-refractivity contribution is 5.79. The fourth-order valence-electron chi connectivity index (χ4n) is 3.64. The van der Waals surface area contributed by atoms with E-state index in [1.54, 1.807) is 43.9 Å². The number of hydrogen-bond acceptors (Lipinski definition) is 10. The van der Waals surface area contributed by atoms with Crippen LogP contribution in [0.15, 0.2) is 76.3 Å². The monoisotopic (exact) mass is 484 g/mol. The smallest absolute Gasteiger partial charge is 0.453 e. The minimum absolute atomic E-state index is 0.155. The second-order valence-corrected chi connectivity index (χ2v) is 7.68. The number of hydrogen-bond donors (Lipinski definition) is 2. The number of carbonyl (C=O) groups excluding carboxylic acids is 1. The van der Waals surface area contributed by atoms with Gasteiger partial charge in [0.05, 0.1) is 7.11 Å². The number of oxazole rings is 1. The molecule has 0 aliphatic carbocycles. The Labute approximate surface area is 204 Å². The summed E-state index contributed by atoms with van der Waals surface area (Å²) in [6, 6.07) is 14.4. The molecule has 180 valence electrons. The molecule has 5 aromatic rings. The van der Waals surface area contributed by atoms with Gasteiger partial charge in [-0.3, -0.25) is 9.78 Å². The highest BCUT2D eigenvalue weighted by Gasteiger charge is 2.13. The van der Waals surface area contributed by atoms with Crippen molar-refractivity contribution in [3.05, 3.63) is 83.2 Å². The number of carbonyl (C=O) groups is 1. The molecule has 0 radical (unpaired) electrons. The second-order valence-electron chi connectivity index (χ2n) is 7.68. The van der Waals surface area contributed by atoms with Crippen molar-refractivity contribution >= 4 is 40.7 Å². The first-order valence-electron chi connectivity index (χ1n) is 10.8. The summed E-state index contributed by atoms with van der Waals surface area (Å²) < 4.78 is 11.4. The predicted octanol–water partition coefficient (Wildman–Crippen LogP) is 3.84. The van der Waals surface area contributed by atoms with Crippen molar-refractivity contribution in [1.82, 2.24) is 19.7 Å². The largest absolute Gasteiger partial charge is 0.496 e. The maximum absolute atomic E-state index is 11.9. The van der Waals surface area contributed by atoms with E-state index in [9.17, 15) is 9.59 Å². The molecule has 5 rings (SSSR count). The van der Waals surface area contributed by atoms with Gasteiger partial charge in [-0.1, -0.05) is 10.8 Å². The van der Waals surface area contributed by atoms with Crippen molar-refractivity contribution in [3.63, 3.8) is 0 Å². The molecule has 0 fully saturated rings. The van der Waals surface area contributed by atoms with E-state index in [0.717, 1.165) is 27.1 Å². The Morgan fingerprint density at radius 3 is 2.67 bits per heavy atom. The average molecular weight is 484 g/mol. The minimum atomic E-state index is -0.802. The van der Waals surface area contributed by atoms with Crippen molar-refractivity contribution in [1.29, 1.82) is 0 Å². The zero-order valence-corrected chi connectivity index (χ0v) is 19.3. The molecule has 0 aliphatic rings. The predicted molar refractivity (Wildman–Crippen MR) is 133 cm³/mol. The lowest BCUT2D eigenvalue weighted by Crippen LogP contribution is -2.21. The van der Waals surface area contributed by atoms with Crippen LogP contribution in [0.5, 0.6) is 5.75 Å². The normalized spacial score (nSPS) is 10.7. The van der Waals surface area contributed by atoms with E-state index in [4.69, 9.17) is 14.0 Å². The average Bonchev–Trinajstić information content (AvgIpc) is 3.21. The molecule has 36 heavy (non-hydrogen) atoms. The molecule has 2 N–H and O–H groups in total. The van der Waals surface area contributed by atoms with E-state index in [-0.39, 0.29) is 12.1 Å². The van der Waals surface area contributed by atoms with Gasteiger partial charge in [0.1, 0.15) is 17.1 Å². The van der Waals surface area contributed by atoms with Crippen LogP contribution in [-0.2, 0) is 4.79 Å². The Morgan fingerprint density at radius 2 is 1.89 bits per heavy atom. The first-order chi connectivity index (χ1) is 17.6. The van der Waals surface area contributed by atoms with Gasteiger partial charge in [0.2, 0.25) is 5.95 Å². The summed E-state index contributed by atoms with van der Waals surface area (Å²) >= 11 is 0. The molecule has 3 aromatic heterocycles. The number of ether oxygens (including phenoxy) is 1. The van der Waals surface area contributed by atoms with Crippen molar-refractivity contribution in [2.45, 2.75) is 6.92 Å². The second kappa shape index (κ2) is 9.58. The SMILES string of the molecule is COc1ccc(Nc2ncc(C)c(Nc3ccc4oc(=O)n(OC=O)c4c3)n2)cc1-c1cccnc1. The lowest BCUT2D eigenvalue weighted by Gasteiger charge is -2.13. The maximum Gasteiger partial charge on any atom is 0.453 e. The van der Waals surface area contributed by atoms with Crippen LogP contribution < -0.4 is 26.0 Å². The lowest BCUT2D eigenvalue weighted by atomic mass is 10.1. The van der Waals surface area contributed by atoms with Gasteiger partial charge in [0, 0.05) is 46.7 Å². The fraction of sp³-hybridized carbons (Fsp3) is 0.0800. The van der Waals surface area contributed by atoms with Crippen LogP contribution in [0.3, 0.4) is 0 Å². The molecule has 0 saturated carbocycles. The molecule has 0 unspecified atom stereocenters. The molecule has 0 saturated heterocycles. The van der Waals surface area contributed by atoms with Gasteiger partial charge in [-0.25, -0.2) is 9.78 Å². The zero-order chi connectivity index (χ0) is 25.1. The summed E-state index contributed by atoms with van der Waals surface area (Å²) in [6.45, 7) is 2.02. The summed E-state index contributed by atoms with van der Waals surface area (Å²) in [5.41, 5.74) is 4.51. The molecular formula is C25H20N6O5. The van der Waals surface area contributed by atoms with E-state index in [2.05, 4.69) is 25.6 Å². The van der Waals surface area contributed by atoms with E-state index in [1.807, 2.05) is 37.3 Å². The molecular weight excluding hydrogens is 464 g/mol. The van der Waals surface area contributed by atoms with Crippen molar-refractivity contribution in [2.24, 2.45) is 0 Å². The zero-order valence-electron chi connectivity index (χ0n) is 19.3. The van der Waals surface area contributed by atoms with Crippen molar-refractivity contribution in [3.8, 4) is 16.9 Å². The van der Waals surface area contributed by atoms with Gasteiger partial charge in [-0.2, -0.15) is 4.98 Å². The number of anilines is 4. The Balaban J connectivity index is 1.43. The van der Waals surface area contributed by atoms with Gasteiger partial charge in [-0.05, 0) is 49.4 Å². The molecule has 0 atom stereocenters. The van der Waals surface area contributed by atoms with Crippen LogP contribution in [0.25, 0.3) is 22.2 Å².